The van der Waals surface area contributed by atoms with Gasteiger partial charge in [-0.15, -0.1) is 0 Å². The third-order valence-corrected chi connectivity index (χ3v) is 6.54. The zero-order valence-electron chi connectivity index (χ0n) is 16.1. The van der Waals surface area contributed by atoms with Gasteiger partial charge in [0, 0.05) is 18.5 Å². The largest absolute Gasteiger partial charge is 0.342 e. The highest BCUT2D eigenvalue weighted by Crippen LogP contribution is 2.30. The standard InChI is InChI=1S/C23H25N3OS/c1-17(28-22-20-9-5-6-10-21(20)24-16-25-22)23(27)26-13-11-19(12-14-26)15-18-7-3-2-4-8-18/h2-10,16-17,19H,11-15H2,1H3. The first-order valence-corrected chi connectivity index (χ1v) is 10.8. The fraction of sp³-hybridized carbons (Fsp3) is 0.348. The van der Waals surface area contributed by atoms with Crippen LogP contribution in [0.15, 0.2) is 66.0 Å². The van der Waals surface area contributed by atoms with Gasteiger partial charge in [-0.3, -0.25) is 4.79 Å². The molecule has 1 atom stereocenters. The first-order chi connectivity index (χ1) is 13.7. The topological polar surface area (TPSA) is 46.1 Å². The number of carbonyl (C=O) groups is 1. The SMILES string of the molecule is CC(Sc1ncnc2ccccc12)C(=O)N1CCC(Cc2ccccc2)CC1. The van der Waals surface area contributed by atoms with Crippen molar-refractivity contribution in [2.45, 2.75) is 36.5 Å². The zero-order chi connectivity index (χ0) is 19.3. The number of benzene rings is 2. The van der Waals surface area contributed by atoms with Crippen LogP contribution >= 0.6 is 11.8 Å². The molecule has 0 aliphatic carbocycles. The van der Waals surface area contributed by atoms with Gasteiger partial charge in [0.15, 0.2) is 0 Å². The summed E-state index contributed by atoms with van der Waals surface area (Å²) < 4.78 is 0. The second-order valence-electron chi connectivity index (χ2n) is 7.41. The molecule has 0 bridgehead atoms. The van der Waals surface area contributed by atoms with Crippen LogP contribution in [0.2, 0.25) is 0 Å². The van der Waals surface area contributed by atoms with Crippen LogP contribution in [0.5, 0.6) is 0 Å². The Bertz CT molecular complexity index is 933. The van der Waals surface area contributed by atoms with Crippen molar-refractivity contribution in [2.24, 2.45) is 5.92 Å². The van der Waals surface area contributed by atoms with Gasteiger partial charge in [0.25, 0.3) is 0 Å². The lowest BCUT2D eigenvalue weighted by Crippen LogP contribution is -2.42. The second-order valence-corrected chi connectivity index (χ2v) is 8.74. The van der Waals surface area contributed by atoms with Crippen LogP contribution in [0.3, 0.4) is 0 Å². The highest BCUT2D eigenvalue weighted by molar-refractivity contribution is 8.00. The number of amides is 1. The normalized spacial score (nSPS) is 16.2. The Balaban J connectivity index is 1.34. The van der Waals surface area contributed by atoms with E-state index >= 15 is 0 Å². The molecule has 1 unspecified atom stereocenters. The van der Waals surface area contributed by atoms with E-state index in [-0.39, 0.29) is 11.2 Å². The molecule has 1 aliphatic rings. The van der Waals surface area contributed by atoms with E-state index in [4.69, 9.17) is 0 Å². The first-order valence-electron chi connectivity index (χ1n) is 9.90. The Morgan fingerprint density at radius 2 is 1.79 bits per heavy atom. The van der Waals surface area contributed by atoms with Crippen molar-refractivity contribution in [3.63, 3.8) is 0 Å². The minimum Gasteiger partial charge on any atom is -0.342 e. The van der Waals surface area contributed by atoms with E-state index in [1.165, 1.54) is 17.3 Å². The molecule has 0 spiro atoms. The summed E-state index contributed by atoms with van der Waals surface area (Å²) >= 11 is 1.54. The van der Waals surface area contributed by atoms with Crippen molar-refractivity contribution >= 4 is 28.6 Å². The van der Waals surface area contributed by atoms with Crippen molar-refractivity contribution in [3.8, 4) is 0 Å². The van der Waals surface area contributed by atoms with Gasteiger partial charge in [0.1, 0.15) is 11.4 Å². The van der Waals surface area contributed by atoms with E-state index < -0.39 is 0 Å². The molecule has 4 nitrogen and oxygen atoms in total. The fourth-order valence-electron chi connectivity index (χ4n) is 3.85. The Labute approximate surface area is 170 Å². The summed E-state index contributed by atoms with van der Waals surface area (Å²) in [5.74, 6) is 0.881. The Kier molecular flexibility index (Phi) is 5.91. The number of hydrogen-bond acceptors (Lipinski definition) is 4. The van der Waals surface area contributed by atoms with Crippen LogP contribution in [0, 0.1) is 5.92 Å². The van der Waals surface area contributed by atoms with E-state index in [0.717, 1.165) is 48.3 Å². The average molecular weight is 392 g/mol. The van der Waals surface area contributed by atoms with Crippen molar-refractivity contribution in [1.82, 2.24) is 14.9 Å². The molecule has 1 saturated heterocycles. The second kappa shape index (κ2) is 8.74. The summed E-state index contributed by atoms with van der Waals surface area (Å²) in [6.45, 7) is 3.69. The molecule has 2 heterocycles. The van der Waals surface area contributed by atoms with Crippen molar-refractivity contribution in [3.05, 3.63) is 66.5 Å². The van der Waals surface area contributed by atoms with Gasteiger partial charge in [0.05, 0.1) is 10.8 Å². The molecule has 5 heteroatoms. The molecular weight excluding hydrogens is 366 g/mol. The summed E-state index contributed by atoms with van der Waals surface area (Å²) in [7, 11) is 0. The maximum atomic E-state index is 13.0. The maximum Gasteiger partial charge on any atom is 0.235 e. The maximum absolute atomic E-state index is 13.0. The zero-order valence-corrected chi connectivity index (χ0v) is 16.9. The summed E-state index contributed by atoms with van der Waals surface area (Å²) in [6, 6.07) is 18.6. The number of para-hydroxylation sites is 1. The van der Waals surface area contributed by atoms with Crippen LogP contribution in [0.4, 0.5) is 0 Å². The molecule has 1 aromatic heterocycles. The summed E-state index contributed by atoms with van der Waals surface area (Å²) in [5, 5.41) is 1.74. The third-order valence-electron chi connectivity index (χ3n) is 5.44. The van der Waals surface area contributed by atoms with Gasteiger partial charge < -0.3 is 4.90 Å². The number of hydrogen-bond donors (Lipinski definition) is 0. The van der Waals surface area contributed by atoms with Crippen molar-refractivity contribution in [2.75, 3.05) is 13.1 Å². The van der Waals surface area contributed by atoms with Gasteiger partial charge in [0.2, 0.25) is 5.91 Å². The Hall–Kier alpha value is -2.40. The number of rotatable bonds is 5. The van der Waals surface area contributed by atoms with Gasteiger partial charge in [-0.25, -0.2) is 9.97 Å². The average Bonchev–Trinajstić information content (AvgIpc) is 2.75. The van der Waals surface area contributed by atoms with Crippen LogP contribution in [-0.2, 0) is 11.2 Å². The molecule has 28 heavy (non-hydrogen) atoms. The number of nitrogens with zero attached hydrogens (tertiary/aromatic N) is 3. The van der Waals surface area contributed by atoms with E-state index in [2.05, 4.69) is 40.3 Å². The molecule has 0 saturated carbocycles. The lowest BCUT2D eigenvalue weighted by Gasteiger charge is -2.33. The Morgan fingerprint density at radius 3 is 2.57 bits per heavy atom. The summed E-state index contributed by atoms with van der Waals surface area (Å²) in [4.78, 5) is 23.7. The predicted molar refractivity (Wildman–Crippen MR) is 114 cm³/mol. The predicted octanol–water partition coefficient (Wildman–Crippen LogP) is 4.59. The lowest BCUT2D eigenvalue weighted by molar-refractivity contribution is -0.131. The molecule has 2 aromatic carbocycles. The van der Waals surface area contributed by atoms with Gasteiger partial charge in [-0.2, -0.15) is 0 Å². The van der Waals surface area contributed by atoms with E-state index in [0.29, 0.717) is 5.92 Å². The van der Waals surface area contributed by atoms with Crippen LogP contribution in [0.25, 0.3) is 10.9 Å². The van der Waals surface area contributed by atoms with Crippen LogP contribution in [-0.4, -0.2) is 39.1 Å². The minimum absolute atomic E-state index is 0.149. The minimum atomic E-state index is -0.149. The number of fused-ring (bicyclic) bond motifs is 1. The molecule has 144 valence electrons. The van der Waals surface area contributed by atoms with Gasteiger partial charge >= 0.3 is 0 Å². The molecule has 1 amide bonds. The summed E-state index contributed by atoms with van der Waals surface area (Å²) in [5.41, 5.74) is 2.31. The highest BCUT2D eigenvalue weighted by atomic mass is 32.2. The molecule has 0 radical (unpaired) electrons. The quantitative estimate of drug-likeness (QED) is 0.471. The summed E-state index contributed by atoms with van der Waals surface area (Å²) in [6.07, 6.45) is 4.85. The van der Waals surface area contributed by atoms with E-state index in [9.17, 15) is 4.79 Å². The number of carbonyl (C=O) groups excluding carboxylic acids is 1. The van der Waals surface area contributed by atoms with Crippen LogP contribution in [0.1, 0.15) is 25.3 Å². The van der Waals surface area contributed by atoms with E-state index in [1.807, 2.05) is 36.1 Å². The number of likely N-dealkylation sites (tertiary alicyclic amines) is 1. The smallest absolute Gasteiger partial charge is 0.235 e. The molecule has 3 aromatic rings. The monoisotopic (exact) mass is 391 g/mol. The van der Waals surface area contributed by atoms with Gasteiger partial charge in [-0.1, -0.05) is 60.3 Å². The van der Waals surface area contributed by atoms with Crippen LogP contribution < -0.4 is 0 Å². The van der Waals surface area contributed by atoms with Crippen molar-refractivity contribution in [1.29, 1.82) is 0 Å². The van der Waals surface area contributed by atoms with Gasteiger partial charge in [-0.05, 0) is 43.7 Å². The fourth-order valence-corrected chi connectivity index (χ4v) is 4.85. The molecule has 1 aliphatic heterocycles. The molecule has 1 fully saturated rings. The number of piperidine rings is 1. The number of aromatic nitrogens is 2. The van der Waals surface area contributed by atoms with E-state index in [1.54, 1.807) is 6.33 Å². The number of thioether (sulfide) groups is 1. The molecule has 0 N–H and O–H groups in total. The lowest BCUT2D eigenvalue weighted by atomic mass is 9.90. The molecular formula is C23H25N3OS. The highest BCUT2D eigenvalue weighted by Gasteiger charge is 2.27. The Morgan fingerprint density at radius 1 is 1.07 bits per heavy atom. The third kappa shape index (κ3) is 4.36. The van der Waals surface area contributed by atoms with Crippen molar-refractivity contribution < 1.29 is 4.79 Å². The molecule has 4 rings (SSSR count). The first kappa shape index (κ1) is 18.9.